The second-order valence-corrected chi connectivity index (χ2v) is 11.8. The van der Waals surface area contributed by atoms with Gasteiger partial charge in [-0.2, -0.15) is 0 Å². The summed E-state index contributed by atoms with van der Waals surface area (Å²) in [4.78, 5) is 21.2. The maximum atomic E-state index is 12.8. The molecule has 4 rings (SSSR count). The molecule has 6 nitrogen and oxygen atoms in total. The second-order valence-electron chi connectivity index (χ2n) is 8.37. The normalized spacial score (nSPS) is 9.76. The molecule has 0 atom stereocenters. The molecule has 0 amide bonds. The minimum atomic E-state index is -0.423. The first-order chi connectivity index (χ1) is 21.1. The van der Waals surface area contributed by atoms with Crippen molar-refractivity contribution in [3.05, 3.63) is 120 Å². The number of ketones is 1. The second kappa shape index (κ2) is 21.1. The Morgan fingerprint density at radius 1 is 0.644 bits per heavy atom. The lowest BCUT2D eigenvalue weighted by Crippen LogP contribution is -2.04. The lowest BCUT2D eigenvalue weighted by atomic mass is 10.1. The summed E-state index contributed by atoms with van der Waals surface area (Å²) in [5.74, 6) is -0.864. The molecule has 0 aromatic heterocycles. The van der Waals surface area contributed by atoms with E-state index in [1.165, 1.54) is 74.5 Å². The van der Waals surface area contributed by atoms with Crippen molar-refractivity contribution < 1.29 is 46.5 Å². The van der Waals surface area contributed by atoms with Crippen LogP contribution in [0.15, 0.2) is 90.7 Å². The number of halogens is 8. The highest BCUT2D eigenvalue weighted by molar-refractivity contribution is 9.11. The van der Waals surface area contributed by atoms with Gasteiger partial charge in [-0.3, -0.25) is 9.59 Å². The quantitative estimate of drug-likeness (QED) is 0.0683. The molecular weight excluding hydrogens is 864 g/mol. The summed E-state index contributed by atoms with van der Waals surface area (Å²) in [6, 6.07) is 16.5. The minimum absolute atomic E-state index is 0.0586. The zero-order valence-electron chi connectivity index (χ0n) is 23.9. The van der Waals surface area contributed by atoms with Gasteiger partial charge >= 0.3 is 5.97 Å². The topological polar surface area (TPSA) is 82.1 Å². The van der Waals surface area contributed by atoms with Crippen LogP contribution in [-0.4, -0.2) is 37.2 Å². The number of carbonyl (C=O) groups excluding carboxylic acids is 2. The Bertz CT molecular complexity index is 1570. The number of Topliss-reactive ketones (excluding diaryl/α,β-unsaturated/α-hetero) is 1. The highest BCUT2D eigenvalue weighted by atomic mass is 79.9. The summed E-state index contributed by atoms with van der Waals surface area (Å²) < 4.78 is 66.4. The summed E-state index contributed by atoms with van der Waals surface area (Å²) in [6.07, 6.45) is 0. The molecule has 0 aliphatic carbocycles. The standard InChI is InChI=1S/C9H10BrFO2.C8H6BrFO2.C8H6BrFO.C6H4BrFO/c1-12-4-5-13-7-2-3-9(11)8(10)6-7;1-5(11)12-6-2-3-8(10)7(9)4-6;1-5(11)6-2-3-8(10)7(9)4-6;7-5-3-4(9)1-2-6(5)8/h2-3,6H,4-5H2,1H3;2-4H,1H3;2-4H,1H3;1-3,9H. The molecule has 0 fully saturated rings. The van der Waals surface area contributed by atoms with Crippen LogP contribution in [-0.2, 0) is 9.53 Å². The molecule has 0 heterocycles. The van der Waals surface area contributed by atoms with Gasteiger partial charge in [0.15, 0.2) is 5.78 Å². The van der Waals surface area contributed by atoms with E-state index in [2.05, 4.69) is 63.7 Å². The van der Waals surface area contributed by atoms with Crippen LogP contribution in [0.1, 0.15) is 24.2 Å². The molecule has 0 bridgehead atoms. The van der Waals surface area contributed by atoms with E-state index in [0.717, 1.165) is 0 Å². The molecule has 4 aromatic rings. The van der Waals surface area contributed by atoms with E-state index < -0.39 is 5.97 Å². The molecular formula is C31H26Br4F4O6. The molecule has 242 valence electrons. The Hall–Kier alpha value is -2.78. The van der Waals surface area contributed by atoms with Crippen molar-refractivity contribution in [1.82, 2.24) is 0 Å². The van der Waals surface area contributed by atoms with Crippen molar-refractivity contribution >= 4 is 75.5 Å². The highest BCUT2D eigenvalue weighted by Crippen LogP contribution is 2.23. The van der Waals surface area contributed by atoms with Crippen molar-refractivity contribution in [2.75, 3.05) is 20.3 Å². The average molecular weight is 890 g/mol. The third-order valence-electron chi connectivity index (χ3n) is 4.83. The van der Waals surface area contributed by atoms with E-state index in [0.29, 0.717) is 39.2 Å². The van der Waals surface area contributed by atoms with E-state index in [4.69, 9.17) is 19.3 Å². The van der Waals surface area contributed by atoms with Crippen LogP contribution in [0.3, 0.4) is 0 Å². The van der Waals surface area contributed by atoms with Gasteiger partial charge in [-0.1, -0.05) is 0 Å². The van der Waals surface area contributed by atoms with E-state index in [1.807, 2.05) is 0 Å². The van der Waals surface area contributed by atoms with Crippen LogP contribution in [0.5, 0.6) is 17.2 Å². The lowest BCUT2D eigenvalue weighted by molar-refractivity contribution is -0.131. The number of phenolic OH excluding ortho intramolecular Hbond substituents is 1. The first-order valence-electron chi connectivity index (χ1n) is 12.4. The van der Waals surface area contributed by atoms with Crippen molar-refractivity contribution in [2.45, 2.75) is 13.8 Å². The Labute approximate surface area is 291 Å². The van der Waals surface area contributed by atoms with Crippen LogP contribution >= 0.6 is 63.7 Å². The number of aromatic hydroxyl groups is 1. The number of ether oxygens (including phenoxy) is 3. The number of rotatable bonds is 6. The van der Waals surface area contributed by atoms with E-state index in [1.54, 1.807) is 19.2 Å². The zero-order chi connectivity index (χ0) is 34.1. The fraction of sp³-hybridized carbons (Fsp3) is 0.161. The molecule has 14 heteroatoms. The molecule has 45 heavy (non-hydrogen) atoms. The molecule has 0 spiro atoms. The van der Waals surface area contributed by atoms with Gasteiger partial charge in [0, 0.05) is 19.6 Å². The Balaban J connectivity index is 0.000000302. The molecule has 0 aliphatic heterocycles. The van der Waals surface area contributed by atoms with Gasteiger partial charge < -0.3 is 19.3 Å². The number of benzene rings is 4. The Morgan fingerprint density at radius 2 is 1.09 bits per heavy atom. The number of hydrogen-bond donors (Lipinski definition) is 1. The number of carbonyl (C=O) groups is 2. The molecule has 4 aromatic carbocycles. The van der Waals surface area contributed by atoms with E-state index in [9.17, 15) is 27.2 Å². The third-order valence-corrected chi connectivity index (χ3v) is 7.26. The predicted molar refractivity (Wildman–Crippen MR) is 177 cm³/mol. The smallest absolute Gasteiger partial charge is 0.308 e. The number of methoxy groups -OCH3 is 1. The van der Waals surface area contributed by atoms with Gasteiger partial charge in [-0.05, 0) is 143 Å². The van der Waals surface area contributed by atoms with Crippen molar-refractivity contribution in [1.29, 1.82) is 0 Å². The monoisotopic (exact) mass is 886 g/mol. The SMILES string of the molecule is CC(=O)Oc1ccc(F)c(Br)c1.CC(=O)c1ccc(F)c(Br)c1.COCCOc1ccc(F)c(Br)c1.Oc1ccc(F)c(Br)c1. The van der Waals surface area contributed by atoms with Crippen molar-refractivity contribution in [3.8, 4) is 17.2 Å². The molecule has 0 saturated heterocycles. The van der Waals surface area contributed by atoms with Crippen LogP contribution in [0, 0.1) is 23.3 Å². The lowest BCUT2D eigenvalue weighted by Gasteiger charge is -2.05. The Morgan fingerprint density at radius 3 is 1.51 bits per heavy atom. The average Bonchev–Trinajstić information content (AvgIpc) is 2.97. The summed E-state index contributed by atoms with van der Waals surface area (Å²) >= 11 is 11.9. The van der Waals surface area contributed by atoms with Crippen molar-refractivity contribution in [2.24, 2.45) is 0 Å². The van der Waals surface area contributed by atoms with Crippen LogP contribution in [0.4, 0.5) is 17.6 Å². The fourth-order valence-electron chi connectivity index (χ4n) is 2.72. The first-order valence-corrected chi connectivity index (χ1v) is 15.6. The maximum Gasteiger partial charge on any atom is 0.308 e. The van der Waals surface area contributed by atoms with Gasteiger partial charge in [0.25, 0.3) is 0 Å². The predicted octanol–water partition coefficient (Wildman–Crippen LogP) is 10.2. The van der Waals surface area contributed by atoms with E-state index in [-0.39, 0.29) is 43.7 Å². The molecule has 1 N–H and O–H groups in total. The van der Waals surface area contributed by atoms with Gasteiger partial charge in [0.1, 0.15) is 47.1 Å². The molecule has 0 radical (unpaired) electrons. The van der Waals surface area contributed by atoms with Gasteiger partial charge in [-0.25, -0.2) is 17.6 Å². The van der Waals surface area contributed by atoms with E-state index >= 15 is 0 Å². The van der Waals surface area contributed by atoms with Gasteiger partial charge in [-0.15, -0.1) is 0 Å². The summed E-state index contributed by atoms with van der Waals surface area (Å²) in [6.45, 7) is 3.72. The highest BCUT2D eigenvalue weighted by Gasteiger charge is 2.04. The fourth-order valence-corrected chi connectivity index (χ4v) is 4.18. The van der Waals surface area contributed by atoms with Crippen LogP contribution in [0.25, 0.3) is 0 Å². The number of phenols is 1. The van der Waals surface area contributed by atoms with Gasteiger partial charge in [0.05, 0.1) is 24.5 Å². The third kappa shape index (κ3) is 16.4. The Kier molecular flexibility index (Phi) is 18.9. The number of hydrogen-bond acceptors (Lipinski definition) is 6. The molecule has 0 aliphatic rings. The zero-order valence-corrected chi connectivity index (χ0v) is 30.2. The first kappa shape index (κ1) is 40.2. The van der Waals surface area contributed by atoms with Crippen molar-refractivity contribution in [3.63, 3.8) is 0 Å². The number of esters is 1. The van der Waals surface area contributed by atoms with Crippen LogP contribution in [0.2, 0.25) is 0 Å². The largest absolute Gasteiger partial charge is 0.508 e. The molecule has 0 saturated carbocycles. The molecule has 0 unspecified atom stereocenters. The van der Waals surface area contributed by atoms with Crippen LogP contribution < -0.4 is 9.47 Å². The minimum Gasteiger partial charge on any atom is -0.508 e. The van der Waals surface area contributed by atoms with Gasteiger partial charge in [0.2, 0.25) is 0 Å². The maximum absolute atomic E-state index is 12.8. The summed E-state index contributed by atoms with van der Waals surface area (Å²) in [7, 11) is 1.60. The summed E-state index contributed by atoms with van der Waals surface area (Å²) in [5, 5.41) is 8.74. The summed E-state index contributed by atoms with van der Waals surface area (Å²) in [5.41, 5.74) is 0.512.